The van der Waals surface area contributed by atoms with E-state index in [1.165, 1.54) is 32.6 Å². The average molecular weight is 375 g/mol. The van der Waals surface area contributed by atoms with Crippen molar-refractivity contribution in [3.63, 3.8) is 0 Å². The molecule has 2 aliphatic carbocycles. The Labute approximate surface area is 159 Å². The predicted molar refractivity (Wildman–Crippen MR) is 102 cm³/mol. The molecule has 2 saturated carbocycles. The van der Waals surface area contributed by atoms with Gasteiger partial charge in [0.2, 0.25) is 5.95 Å². The molecule has 0 saturated heterocycles. The van der Waals surface area contributed by atoms with Gasteiger partial charge in [0.25, 0.3) is 5.91 Å². The van der Waals surface area contributed by atoms with Crippen LogP contribution in [0, 0.1) is 5.92 Å². The normalized spacial score (nSPS) is 23.4. The number of hydrogen-bond donors (Lipinski definition) is 3. The maximum Gasteiger partial charge on any atom is 0.308 e. The lowest BCUT2D eigenvalue weighted by molar-refractivity contribution is -0.146. The summed E-state index contributed by atoms with van der Waals surface area (Å²) < 4.78 is 4.83. The second kappa shape index (κ2) is 9.01. The number of nitrogens with zero attached hydrogens (tertiary/aromatic N) is 2. The Morgan fingerprint density at radius 1 is 1.04 bits per heavy atom. The van der Waals surface area contributed by atoms with E-state index >= 15 is 0 Å². The molecule has 0 atom stereocenters. The maximum absolute atomic E-state index is 11.7. The van der Waals surface area contributed by atoms with Crippen LogP contribution in [0.2, 0.25) is 0 Å². The SMILES string of the molecule is COC(=O)C1CCC(Nc2ncc(C(N)=O)c(NC3CCCCC3)n2)CC1. The first kappa shape index (κ1) is 19.4. The highest BCUT2D eigenvalue weighted by Gasteiger charge is 2.27. The zero-order valence-corrected chi connectivity index (χ0v) is 15.9. The van der Waals surface area contributed by atoms with Crippen LogP contribution in [0.1, 0.15) is 68.1 Å². The molecule has 2 aliphatic rings. The number of anilines is 2. The monoisotopic (exact) mass is 375 g/mol. The Morgan fingerprint density at radius 3 is 2.33 bits per heavy atom. The zero-order chi connectivity index (χ0) is 19.2. The van der Waals surface area contributed by atoms with Gasteiger partial charge in [-0.3, -0.25) is 9.59 Å². The van der Waals surface area contributed by atoms with Gasteiger partial charge in [-0.15, -0.1) is 0 Å². The number of esters is 1. The van der Waals surface area contributed by atoms with E-state index in [0.717, 1.165) is 38.5 Å². The van der Waals surface area contributed by atoms with Crippen molar-refractivity contribution < 1.29 is 14.3 Å². The van der Waals surface area contributed by atoms with E-state index in [0.29, 0.717) is 23.4 Å². The first-order valence-corrected chi connectivity index (χ1v) is 9.84. The zero-order valence-electron chi connectivity index (χ0n) is 15.9. The number of primary amides is 1. The van der Waals surface area contributed by atoms with Crippen LogP contribution in [0.15, 0.2) is 6.20 Å². The summed E-state index contributed by atoms with van der Waals surface area (Å²) in [6.07, 6.45) is 10.5. The van der Waals surface area contributed by atoms with Crippen molar-refractivity contribution in [3.8, 4) is 0 Å². The molecular formula is C19H29N5O3. The fourth-order valence-corrected chi connectivity index (χ4v) is 4.00. The number of carbonyl (C=O) groups is 2. The van der Waals surface area contributed by atoms with Crippen molar-refractivity contribution in [2.24, 2.45) is 11.7 Å². The highest BCUT2D eigenvalue weighted by molar-refractivity contribution is 5.97. The highest BCUT2D eigenvalue weighted by Crippen LogP contribution is 2.28. The van der Waals surface area contributed by atoms with Crippen molar-refractivity contribution in [3.05, 3.63) is 11.8 Å². The summed E-state index contributed by atoms with van der Waals surface area (Å²) in [5, 5.41) is 6.72. The highest BCUT2D eigenvalue weighted by atomic mass is 16.5. The minimum atomic E-state index is -0.529. The number of nitrogens with one attached hydrogen (secondary N) is 2. The van der Waals surface area contributed by atoms with Gasteiger partial charge in [-0.25, -0.2) is 4.98 Å². The van der Waals surface area contributed by atoms with Crippen molar-refractivity contribution in [2.75, 3.05) is 17.7 Å². The van der Waals surface area contributed by atoms with E-state index < -0.39 is 5.91 Å². The van der Waals surface area contributed by atoms with Crippen molar-refractivity contribution in [1.82, 2.24) is 9.97 Å². The third kappa shape index (κ3) is 5.08. The number of nitrogens with two attached hydrogens (primary N) is 1. The summed E-state index contributed by atoms with van der Waals surface area (Å²) in [5.74, 6) is 0.317. The third-order valence-corrected chi connectivity index (χ3v) is 5.60. The number of methoxy groups -OCH3 is 1. The van der Waals surface area contributed by atoms with Gasteiger partial charge in [0.05, 0.1) is 18.6 Å². The number of ether oxygens (including phenoxy) is 1. The van der Waals surface area contributed by atoms with Crippen LogP contribution in [0.5, 0.6) is 0 Å². The van der Waals surface area contributed by atoms with Gasteiger partial charge in [-0.05, 0) is 38.5 Å². The summed E-state index contributed by atoms with van der Waals surface area (Å²) in [6, 6.07) is 0.517. The van der Waals surface area contributed by atoms with Crippen molar-refractivity contribution in [2.45, 2.75) is 69.9 Å². The Morgan fingerprint density at radius 2 is 1.70 bits per heavy atom. The van der Waals surface area contributed by atoms with E-state index in [2.05, 4.69) is 20.6 Å². The molecule has 1 aromatic rings. The molecule has 1 amide bonds. The molecule has 0 bridgehead atoms. The number of hydrogen-bond acceptors (Lipinski definition) is 7. The minimum Gasteiger partial charge on any atom is -0.469 e. The Kier molecular flexibility index (Phi) is 6.47. The summed E-state index contributed by atoms with van der Waals surface area (Å²) in [6.45, 7) is 0. The summed E-state index contributed by atoms with van der Waals surface area (Å²) >= 11 is 0. The largest absolute Gasteiger partial charge is 0.469 e. The molecule has 27 heavy (non-hydrogen) atoms. The first-order valence-electron chi connectivity index (χ1n) is 9.84. The van der Waals surface area contributed by atoms with Gasteiger partial charge in [-0.1, -0.05) is 19.3 Å². The lowest BCUT2D eigenvalue weighted by atomic mass is 9.86. The summed E-state index contributed by atoms with van der Waals surface area (Å²) in [4.78, 5) is 32.2. The van der Waals surface area contributed by atoms with Crippen molar-refractivity contribution >= 4 is 23.6 Å². The number of carbonyl (C=O) groups excluding carboxylic acids is 2. The van der Waals surface area contributed by atoms with Crippen LogP contribution in [-0.2, 0) is 9.53 Å². The van der Waals surface area contributed by atoms with Crippen molar-refractivity contribution in [1.29, 1.82) is 0 Å². The fourth-order valence-electron chi connectivity index (χ4n) is 4.00. The van der Waals surface area contributed by atoms with E-state index in [4.69, 9.17) is 10.5 Å². The molecule has 0 aromatic carbocycles. The van der Waals surface area contributed by atoms with Crippen LogP contribution in [0.25, 0.3) is 0 Å². The van der Waals surface area contributed by atoms with Gasteiger partial charge in [0.15, 0.2) is 0 Å². The molecule has 1 aromatic heterocycles. The topological polar surface area (TPSA) is 119 Å². The second-order valence-corrected chi connectivity index (χ2v) is 7.52. The number of rotatable bonds is 6. The molecule has 8 heteroatoms. The molecule has 0 aliphatic heterocycles. The molecule has 3 rings (SSSR count). The van der Waals surface area contributed by atoms with Crippen LogP contribution in [-0.4, -0.2) is 41.0 Å². The quantitative estimate of drug-likeness (QED) is 0.653. The van der Waals surface area contributed by atoms with Gasteiger partial charge in [0.1, 0.15) is 5.82 Å². The molecule has 0 radical (unpaired) electrons. The molecular weight excluding hydrogens is 346 g/mol. The maximum atomic E-state index is 11.7. The van der Waals surface area contributed by atoms with E-state index in [9.17, 15) is 9.59 Å². The van der Waals surface area contributed by atoms with Gasteiger partial charge in [0, 0.05) is 18.3 Å². The average Bonchev–Trinajstić information content (AvgIpc) is 2.69. The molecule has 148 valence electrons. The van der Waals surface area contributed by atoms with Gasteiger partial charge >= 0.3 is 5.97 Å². The molecule has 2 fully saturated rings. The molecule has 0 spiro atoms. The van der Waals surface area contributed by atoms with E-state index in [1.807, 2.05) is 0 Å². The van der Waals surface area contributed by atoms with E-state index in [1.54, 1.807) is 0 Å². The van der Waals surface area contributed by atoms with Crippen LogP contribution < -0.4 is 16.4 Å². The van der Waals surface area contributed by atoms with Crippen LogP contribution >= 0.6 is 0 Å². The van der Waals surface area contributed by atoms with Gasteiger partial charge in [-0.2, -0.15) is 4.98 Å². The fraction of sp³-hybridized carbons (Fsp3) is 0.684. The standard InChI is InChI=1S/C19H29N5O3/c1-27-18(26)12-7-9-14(10-8-12)23-19-21-11-15(16(20)25)17(24-19)22-13-5-3-2-4-6-13/h11-14H,2-10H2,1H3,(H2,20,25)(H2,21,22,23,24). The molecule has 1 heterocycles. The van der Waals surface area contributed by atoms with Crippen LogP contribution in [0.4, 0.5) is 11.8 Å². The van der Waals surface area contributed by atoms with Crippen LogP contribution in [0.3, 0.4) is 0 Å². The molecule has 4 N–H and O–H groups in total. The Balaban J connectivity index is 1.64. The Hall–Kier alpha value is -2.38. The predicted octanol–water partition coefficient (Wildman–Crippen LogP) is 2.46. The summed E-state index contributed by atoms with van der Waals surface area (Å²) in [7, 11) is 1.43. The second-order valence-electron chi connectivity index (χ2n) is 7.52. The molecule has 0 unspecified atom stereocenters. The lowest BCUT2D eigenvalue weighted by Gasteiger charge is -2.28. The molecule has 8 nitrogen and oxygen atoms in total. The van der Waals surface area contributed by atoms with E-state index in [-0.39, 0.29) is 17.9 Å². The Bertz CT molecular complexity index is 667. The number of amides is 1. The first-order chi connectivity index (χ1) is 13.1. The lowest BCUT2D eigenvalue weighted by Crippen LogP contribution is -2.31. The summed E-state index contributed by atoms with van der Waals surface area (Å²) in [5.41, 5.74) is 5.81. The number of aromatic nitrogens is 2. The van der Waals surface area contributed by atoms with Gasteiger partial charge < -0.3 is 21.1 Å². The minimum absolute atomic E-state index is 0.0188. The smallest absolute Gasteiger partial charge is 0.308 e. The third-order valence-electron chi connectivity index (χ3n) is 5.60.